The number of thiophene rings is 1. The van der Waals surface area contributed by atoms with Crippen molar-refractivity contribution in [2.24, 2.45) is 0 Å². The summed E-state index contributed by atoms with van der Waals surface area (Å²) in [6, 6.07) is 3.60. The lowest BCUT2D eigenvalue weighted by molar-refractivity contribution is -0.145. The smallest absolute Gasteiger partial charge is 0.351 e. The molecule has 32 heavy (non-hydrogen) atoms. The van der Waals surface area contributed by atoms with Crippen molar-refractivity contribution in [3.63, 3.8) is 0 Å². The first-order valence-corrected chi connectivity index (χ1v) is 12.5. The molecule has 0 atom stereocenters. The summed E-state index contributed by atoms with van der Waals surface area (Å²) in [5.74, 6) is -0.777. The number of Topliss-reactive ketones (excluding diaryl/α,β-unsaturated/α-hetero) is 1. The summed E-state index contributed by atoms with van der Waals surface area (Å²) >= 11 is 1.36. The molecular weight excluding hydrogens is 458 g/mol. The molecule has 1 saturated heterocycles. The molecule has 1 fully saturated rings. The first kappa shape index (κ1) is 24.3. The molecule has 1 aliphatic rings. The van der Waals surface area contributed by atoms with E-state index in [4.69, 9.17) is 4.74 Å². The van der Waals surface area contributed by atoms with Crippen LogP contribution in [0, 0.1) is 0 Å². The summed E-state index contributed by atoms with van der Waals surface area (Å²) in [5.41, 5.74) is -0.469. The van der Waals surface area contributed by atoms with Crippen LogP contribution < -0.4 is 5.69 Å². The van der Waals surface area contributed by atoms with E-state index in [1.807, 2.05) is 11.4 Å². The minimum absolute atomic E-state index is 0.153. The fourth-order valence-electron chi connectivity index (χ4n) is 3.57. The molecule has 0 aliphatic carbocycles. The number of nitrogens with zero attached hydrogens (tertiary/aromatic N) is 5. The van der Waals surface area contributed by atoms with Gasteiger partial charge in [-0.1, -0.05) is 0 Å². The molecule has 0 radical (unpaired) electrons. The molecule has 2 aromatic heterocycles. The Morgan fingerprint density at radius 1 is 1.28 bits per heavy atom. The predicted molar refractivity (Wildman–Crippen MR) is 118 cm³/mol. The molecule has 0 saturated carbocycles. The van der Waals surface area contributed by atoms with Gasteiger partial charge < -0.3 is 4.74 Å². The minimum atomic E-state index is -3.51. The summed E-state index contributed by atoms with van der Waals surface area (Å²) in [5, 5.41) is 6.93. The zero-order chi connectivity index (χ0) is 23.5. The van der Waals surface area contributed by atoms with Crippen LogP contribution in [-0.2, 0) is 31.1 Å². The quantitative estimate of drug-likeness (QED) is 0.376. The molecule has 1 aliphatic heterocycles. The van der Waals surface area contributed by atoms with Gasteiger partial charge in [-0.25, -0.2) is 14.0 Å². The molecule has 0 N–H and O–H groups in total. The number of ether oxygens (including phenoxy) is 1. The van der Waals surface area contributed by atoms with Crippen LogP contribution in [0.15, 0.2) is 22.3 Å². The molecule has 3 rings (SSSR count). The van der Waals surface area contributed by atoms with E-state index in [0.717, 1.165) is 4.68 Å². The van der Waals surface area contributed by atoms with Crippen molar-refractivity contribution >= 4 is 33.3 Å². The Morgan fingerprint density at radius 3 is 2.53 bits per heavy atom. The van der Waals surface area contributed by atoms with Gasteiger partial charge in [-0.3, -0.25) is 9.59 Å². The maximum atomic E-state index is 13.1. The summed E-state index contributed by atoms with van der Waals surface area (Å²) in [6.07, 6.45) is 0.555. The van der Waals surface area contributed by atoms with E-state index in [0.29, 0.717) is 36.8 Å². The van der Waals surface area contributed by atoms with Gasteiger partial charge in [-0.15, -0.1) is 11.3 Å². The van der Waals surface area contributed by atoms with Crippen molar-refractivity contribution in [2.45, 2.75) is 38.6 Å². The van der Waals surface area contributed by atoms with Crippen LogP contribution in [-0.4, -0.2) is 76.9 Å². The van der Waals surface area contributed by atoms with Gasteiger partial charge in [0, 0.05) is 33.1 Å². The average molecular weight is 486 g/mol. The SMILES string of the molecule is CCOC(=O)CC(=O)Cn1nc(C2CCN(S(=O)(=O)N(C)C)CC2)n(-c2cccs2)c1=O. The van der Waals surface area contributed by atoms with Gasteiger partial charge in [0.05, 0.1) is 6.61 Å². The predicted octanol–water partition coefficient (Wildman–Crippen LogP) is 0.604. The Balaban J connectivity index is 1.85. The van der Waals surface area contributed by atoms with Crippen LogP contribution in [0.5, 0.6) is 0 Å². The Kier molecular flexibility index (Phi) is 7.64. The first-order chi connectivity index (χ1) is 15.1. The van der Waals surface area contributed by atoms with Crippen LogP contribution in [0.2, 0.25) is 0 Å². The molecule has 176 valence electrons. The normalized spacial score (nSPS) is 15.9. The van der Waals surface area contributed by atoms with Crippen molar-refractivity contribution in [3.05, 3.63) is 33.8 Å². The van der Waals surface area contributed by atoms with Gasteiger partial charge in [-0.2, -0.15) is 22.1 Å². The zero-order valence-corrected chi connectivity index (χ0v) is 19.9. The van der Waals surface area contributed by atoms with Gasteiger partial charge in [0.25, 0.3) is 10.2 Å². The standard InChI is InChI=1S/C19H27N5O6S2/c1-4-30-17(26)12-15(25)13-23-19(27)24(16-6-5-11-31-16)18(20-23)14-7-9-22(10-8-14)32(28,29)21(2)3/h5-6,11,14H,4,7-10,12-13H2,1-3H3. The highest BCUT2D eigenvalue weighted by Crippen LogP contribution is 2.30. The molecule has 0 aromatic carbocycles. The molecule has 0 amide bonds. The Bertz CT molecular complexity index is 1110. The highest BCUT2D eigenvalue weighted by molar-refractivity contribution is 7.86. The van der Waals surface area contributed by atoms with Crippen LogP contribution >= 0.6 is 11.3 Å². The number of hydrogen-bond donors (Lipinski definition) is 0. The topological polar surface area (TPSA) is 124 Å². The minimum Gasteiger partial charge on any atom is -0.466 e. The van der Waals surface area contributed by atoms with Crippen molar-refractivity contribution < 1.29 is 22.7 Å². The Labute approximate surface area is 190 Å². The van der Waals surface area contributed by atoms with Gasteiger partial charge in [-0.05, 0) is 37.3 Å². The summed E-state index contributed by atoms with van der Waals surface area (Å²) in [4.78, 5) is 36.9. The average Bonchev–Trinajstić information content (AvgIpc) is 3.36. The highest BCUT2D eigenvalue weighted by atomic mass is 32.2. The van der Waals surface area contributed by atoms with Gasteiger partial charge in [0.1, 0.15) is 23.8 Å². The van der Waals surface area contributed by atoms with Crippen molar-refractivity contribution in [1.29, 1.82) is 0 Å². The lowest BCUT2D eigenvalue weighted by atomic mass is 9.97. The van der Waals surface area contributed by atoms with Gasteiger partial charge in [0.15, 0.2) is 5.78 Å². The monoisotopic (exact) mass is 485 g/mol. The lowest BCUT2D eigenvalue weighted by Crippen LogP contribution is -2.44. The van der Waals surface area contributed by atoms with E-state index in [9.17, 15) is 22.8 Å². The van der Waals surface area contributed by atoms with Crippen LogP contribution in [0.4, 0.5) is 0 Å². The number of piperidine rings is 1. The van der Waals surface area contributed by atoms with Crippen molar-refractivity contribution in [1.82, 2.24) is 23.0 Å². The molecular formula is C19H27N5O6S2. The largest absolute Gasteiger partial charge is 0.466 e. The third-order valence-electron chi connectivity index (χ3n) is 5.17. The first-order valence-electron chi connectivity index (χ1n) is 10.2. The maximum absolute atomic E-state index is 13.1. The Hall–Kier alpha value is -2.35. The second kappa shape index (κ2) is 10.1. The van der Waals surface area contributed by atoms with Crippen LogP contribution in [0.1, 0.15) is 37.9 Å². The number of carbonyl (C=O) groups is 2. The molecule has 2 aromatic rings. The van der Waals surface area contributed by atoms with E-state index in [-0.39, 0.29) is 19.1 Å². The summed E-state index contributed by atoms with van der Waals surface area (Å²) in [6.45, 7) is 2.09. The summed E-state index contributed by atoms with van der Waals surface area (Å²) < 4.78 is 34.7. The number of hydrogen-bond acceptors (Lipinski definition) is 8. The fourth-order valence-corrected chi connectivity index (χ4v) is 5.43. The third-order valence-corrected chi connectivity index (χ3v) is 7.96. The fraction of sp³-hybridized carbons (Fsp3) is 0.579. The van der Waals surface area contributed by atoms with Crippen LogP contribution in [0.25, 0.3) is 5.00 Å². The van der Waals surface area contributed by atoms with Gasteiger partial charge >= 0.3 is 11.7 Å². The van der Waals surface area contributed by atoms with E-state index in [1.54, 1.807) is 13.0 Å². The van der Waals surface area contributed by atoms with Gasteiger partial charge in [0.2, 0.25) is 0 Å². The number of carbonyl (C=O) groups excluding carboxylic acids is 2. The second-order valence-electron chi connectivity index (χ2n) is 7.57. The summed E-state index contributed by atoms with van der Waals surface area (Å²) in [7, 11) is -0.526. The molecule has 11 nitrogen and oxygen atoms in total. The molecule has 0 spiro atoms. The van der Waals surface area contributed by atoms with Crippen molar-refractivity contribution in [2.75, 3.05) is 33.8 Å². The maximum Gasteiger partial charge on any atom is 0.351 e. The van der Waals surface area contributed by atoms with Crippen molar-refractivity contribution in [3.8, 4) is 5.00 Å². The second-order valence-corrected chi connectivity index (χ2v) is 10.6. The number of rotatable bonds is 9. The molecule has 0 bridgehead atoms. The Morgan fingerprint density at radius 2 is 1.97 bits per heavy atom. The van der Waals surface area contributed by atoms with E-state index in [2.05, 4.69) is 5.10 Å². The van der Waals surface area contributed by atoms with E-state index in [1.165, 1.54) is 38.6 Å². The molecule has 13 heteroatoms. The number of esters is 1. The molecule has 0 unspecified atom stereocenters. The lowest BCUT2D eigenvalue weighted by Gasteiger charge is -2.32. The molecule has 3 heterocycles. The van der Waals surface area contributed by atoms with Crippen LogP contribution in [0.3, 0.4) is 0 Å². The number of aromatic nitrogens is 3. The zero-order valence-electron chi connectivity index (χ0n) is 18.3. The van der Waals surface area contributed by atoms with E-state index < -0.39 is 34.1 Å². The third kappa shape index (κ3) is 5.17. The highest BCUT2D eigenvalue weighted by Gasteiger charge is 2.33. The number of ketones is 1. The van der Waals surface area contributed by atoms with E-state index >= 15 is 0 Å².